The van der Waals surface area contributed by atoms with E-state index in [0.29, 0.717) is 18.7 Å². The van der Waals surface area contributed by atoms with Crippen LogP contribution in [-0.4, -0.2) is 47.5 Å². The van der Waals surface area contributed by atoms with Gasteiger partial charge in [-0.25, -0.2) is 18.4 Å². The SMILES string of the molecule is O=S1(=O)CCC(Nc2nc(-c3cccnc3)nc3c2CCNC3)CC1. The molecule has 7 nitrogen and oxygen atoms in total. The average Bonchev–Trinajstić information content (AvgIpc) is 2.64. The normalized spacial score (nSPS) is 20.0. The molecule has 1 saturated heterocycles. The number of anilines is 1. The van der Waals surface area contributed by atoms with Crippen LogP contribution >= 0.6 is 0 Å². The topological polar surface area (TPSA) is 96.9 Å². The Hall–Kier alpha value is -2.06. The molecule has 2 aromatic rings. The van der Waals surface area contributed by atoms with E-state index < -0.39 is 9.84 Å². The first kappa shape index (κ1) is 16.4. The number of sulfone groups is 1. The minimum absolute atomic E-state index is 0.138. The Morgan fingerprint density at radius 1 is 1.20 bits per heavy atom. The number of nitrogens with zero attached hydrogens (tertiary/aromatic N) is 3. The molecular formula is C17H21N5O2S. The van der Waals surface area contributed by atoms with Gasteiger partial charge in [-0.05, 0) is 37.9 Å². The number of hydrogen-bond donors (Lipinski definition) is 2. The van der Waals surface area contributed by atoms with Gasteiger partial charge in [0.25, 0.3) is 0 Å². The molecule has 0 saturated carbocycles. The third-order valence-corrected chi connectivity index (χ3v) is 6.47. The Morgan fingerprint density at radius 2 is 2.04 bits per heavy atom. The van der Waals surface area contributed by atoms with Crippen molar-refractivity contribution in [3.8, 4) is 11.4 Å². The Bertz CT molecular complexity index is 856. The maximum Gasteiger partial charge on any atom is 0.163 e. The number of pyridine rings is 1. The molecule has 25 heavy (non-hydrogen) atoms. The van der Waals surface area contributed by atoms with Crippen molar-refractivity contribution in [1.82, 2.24) is 20.3 Å². The number of hydrogen-bond acceptors (Lipinski definition) is 7. The van der Waals surface area contributed by atoms with Gasteiger partial charge in [0.05, 0.1) is 17.2 Å². The van der Waals surface area contributed by atoms with Crippen molar-refractivity contribution in [2.75, 3.05) is 23.4 Å². The molecule has 1 fully saturated rings. The van der Waals surface area contributed by atoms with Gasteiger partial charge in [0.2, 0.25) is 0 Å². The molecule has 0 amide bonds. The second kappa shape index (κ2) is 6.68. The van der Waals surface area contributed by atoms with E-state index in [-0.39, 0.29) is 17.5 Å². The number of rotatable bonds is 3. The molecule has 0 bridgehead atoms. The Balaban J connectivity index is 1.66. The first-order valence-electron chi connectivity index (χ1n) is 8.58. The van der Waals surface area contributed by atoms with E-state index in [2.05, 4.69) is 15.6 Å². The van der Waals surface area contributed by atoms with Crippen molar-refractivity contribution < 1.29 is 8.42 Å². The van der Waals surface area contributed by atoms with E-state index in [0.717, 1.165) is 42.1 Å². The van der Waals surface area contributed by atoms with Crippen LogP contribution in [0.15, 0.2) is 24.5 Å². The van der Waals surface area contributed by atoms with Gasteiger partial charge in [0.15, 0.2) is 5.82 Å². The van der Waals surface area contributed by atoms with Crippen molar-refractivity contribution in [3.05, 3.63) is 35.8 Å². The molecule has 2 N–H and O–H groups in total. The summed E-state index contributed by atoms with van der Waals surface area (Å²) in [7, 11) is -2.87. The zero-order valence-corrected chi connectivity index (χ0v) is 14.7. The van der Waals surface area contributed by atoms with Crippen LogP contribution in [0.5, 0.6) is 0 Å². The molecule has 132 valence electrons. The summed E-state index contributed by atoms with van der Waals surface area (Å²) in [5, 5.41) is 6.84. The Morgan fingerprint density at radius 3 is 2.80 bits per heavy atom. The van der Waals surface area contributed by atoms with E-state index in [9.17, 15) is 8.42 Å². The van der Waals surface area contributed by atoms with E-state index in [4.69, 9.17) is 9.97 Å². The third-order valence-electron chi connectivity index (χ3n) is 4.75. The predicted octanol–water partition coefficient (Wildman–Crippen LogP) is 1.17. The van der Waals surface area contributed by atoms with Gasteiger partial charge in [-0.15, -0.1) is 0 Å². The smallest absolute Gasteiger partial charge is 0.163 e. The van der Waals surface area contributed by atoms with E-state index >= 15 is 0 Å². The van der Waals surface area contributed by atoms with Crippen molar-refractivity contribution in [2.45, 2.75) is 31.8 Å². The summed E-state index contributed by atoms with van der Waals surface area (Å²) in [6, 6.07) is 3.96. The first-order chi connectivity index (χ1) is 12.1. The zero-order chi connectivity index (χ0) is 17.3. The average molecular weight is 359 g/mol. The molecule has 2 aromatic heterocycles. The van der Waals surface area contributed by atoms with Gasteiger partial charge >= 0.3 is 0 Å². The number of fused-ring (bicyclic) bond motifs is 1. The third kappa shape index (κ3) is 3.64. The van der Waals surface area contributed by atoms with Gasteiger partial charge < -0.3 is 10.6 Å². The quantitative estimate of drug-likeness (QED) is 0.849. The molecule has 0 unspecified atom stereocenters. The Labute approximate surface area is 147 Å². The van der Waals surface area contributed by atoms with Crippen molar-refractivity contribution >= 4 is 15.7 Å². The summed E-state index contributed by atoms with van der Waals surface area (Å²) < 4.78 is 23.3. The largest absolute Gasteiger partial charge is 0.367 e. The molecule has 2 aliphatic rings. The monoisotopic (exact) mass is 359 g/mol. The van der Waals surface area contributed by atoms with Crippen molar-refractivity contribution in [2.24, 2.45) is 0 Å². The van der Waals surface area contributed by atoms with E-state index in [1.54, 1.807) is 12.4 Å². The number of aromatic nitrogens is 3. The summed E-state index contributed by atoms with van der Waals surface area (Å²) in [5.74, 6) is 1.99. The molecule has 0 spiro atoms. The summed E-state index contributed by atoms with van der Waals surface area (Å²) in [4.78, 5) is 13.6. The van der Waals surface area contributed by atoms with E-state index in [1.165, 1.54) is 0 Å². The van der Waals surface area contributed by atoms with Crippen LogP contribution in [0.25, 0.3) is 11.4 Å². The number of nitrogens with one attached hydrogen (secondary N) is 2. The summed E-state index contributed by atoms with van der Waals surface area (Å²) in [6.07, 6.45) is 5.61. The standard InChI is InChI=1S/C17H21N5O2S/c23-25(24)8-4-13(5-9-25)20-17-14-3-7-19-11-15(14)21-16(22-17)12-2-1-6-18-10-12/h1-2,6,10,13,19H,3-5,7-9,11H2,(H,20,21,22). The van der Waals surface area contributed by atoms with Crippen LogP contribution in [0.2, 0.25) is 0 Å². The predicted molar refractivity (Wildman–Crippen MR) is 96.0 cm³/mol. The second-order valence-electron chi connectivity index (χ2n) is 6.56. The molecule has 4 rings (SSSR count). The molecule has 0 radical (unpaired) electrons. The van der Waals surface area contributed by atoms with Crippen LogP contribution in [0, 0.1) is 0 Å². The summed E-state index contributed by atoms with van der Waals surface area (Å²) in [5.41, 5.74) is 3.02. The highest BCUT2D eigenvalue weighted by molar-refractivity contribution is 7.91. The highest BCUT2D eigenvalue weighted by Gasteiger charge is 2.26. The van der Waals surface area contributed by atoms with E-state index in [1.807, 2.05) is 12.1 Å². The maximum atomic E-state index is 11.7. The van der Waals surface area contributed by atoms with Gasteiger partial charge in [0.1, 0.15) is 15.7 Å². The minimum atomic E-state index is -2.87. The van der Waals surface area contributed by atoms with Crippen LogP contribution < -0.4 is 10.6 Å². The molecular weight excluding hydrogens is 338 g/mol. The van der Waals surface area contributed by atoms with Crippen LogP contribution in [0.3, 0.4) is 0 Å². The van der Waals surface area contributed by atoms with Gasteiger partial charge in [-0.1, -0.05) is 0 Å². The van der Waals surface area contributed by atoms with Gasteiger partial charge in [-0.2, -0.15) is 0 Å². The lowest BCUT2D eigenvalue weighted by Gasteiger charge is -2.27. The summed E-state index contributed by atoms with van der Waals surface area (Å²) in [6.45, 7) is 1.62. The molecule has 4 heterocycles. The van der Waals surface area contributed by atoms with Gasteiger partial charge in [-0.3, -0.25) is 4.98 Å². The van der Waals surface area contributed by atoms with Crippen LogP contribution in [0.4, 0.5) is 5.82 Å². The Kier molecular flexibility index (Phi) is 4.39. The van der Waals surface area contributed by atoms with Crippen LogP contribution in [-0.2, 0) is 22.8 Å². The first-order valence-corrected chi connectivity index (χ1v) is 10.4. The molecule has 8 heteroatoms. The highest BCUT2D eigenvalue weighted by atomic mass is 32.2. The van der Waals surface area contributed by atoms with Crippen LogP contribution in [0.1, 0.15) is 24.1 Å². The lowest BCUT2D eigenvalue weighted by molar-refractivity contribution is 0.557. The second-order valence-corrected chi connectivity index (χ2v) is 8.86. The fourth-order valence-corrected chi connectivity index (χ4v) is 4.82. The van der Waals surface area contributed by atoms with Crippen molar-refractivity contribution in [3.63, 3.8) is 0 Å². The lowest BCUT2D eigenvalue weighted by atomic mass is 10.1. The fraction of sp³-hybridized carbons (Fsp3) is 0.471. The van der Waals surface area contributed by atoms with Gasteiger partial charge in [0, 0.05) is 36.1 Å². The summed E-state index contributed by atoms with van der Waals surface area (Å²) >= 11 is 0. The lowest BCUT2D eigenvalue weighted by Crippen LogP contribution is -2.34. The maximum absolute atomic E-state index is 11.7. The molecule has 0 aliphatic carbocycles. The zero-order valence-electron chi connectivity index (χ0n) is 13.9. The fourth-order valence-electron chi connectivity index (χ4n) is 3.33. The minimum Gasteiger partial charge on any atom is -0.367 e. The molecule has 0 aromatic carbocycles. The molecule has 0 atom stereocenters. The highest BCUT2D eigenvalue weighted by Crippen LogP contribution is 2.26. The van der Waals surface area contributed by atoms with Crippen molar-refractivity contribution in [1.29, 1.82) is 0 Å². The molecule has 2 aliphatic heterocycles.